The molecule has 1 rings (SSSR count). The molecule has 5 nitrogen and oxygen atoms in total. The molecule has 0 bridgehead atoms. The van der Waals surface area contributed by atoms with Crippen LogP contribution in [0.3, 0.4) is 0 Å². The predicted octanol–water partition coefficient (Wildman–Crippen LogP) is 3.00. The summed E-state index contributed by atoms with van der Waals surface area (Å²) in [5.41, 5.74) is 1.06. The zero-order chi connectivity index (χ0) is 15.1. The smallest absolute Gasteiger partial charge is 0.135 e. The SMILES string of the molecule is CCNc1nc(C)nc(NC(COCC)C(C)C)c1C. The van der Waals surface area contributed by atoms with Crippen molar-refractivity contribution in [3.63, 3.8) is 0 Å². The van der Waals surface area contributed by atoms with Crippen LogP contribution >= 0.6 is 0 Å². The molecule has 0 amide bonds. The molecular formula is C15H28N4O. The van der Waals surface area contributed by atoms with Gasteiger partial charge in [-0.3, -0.25) is 0 Å². The van der Waals surface area contributed by atoms with Gasteiger partial charge in [-0.1, -0.05) is 13.8 Å². The third-order valence-electron chi connectivity index (χ3n) is 3.23. The summed E-state index contributed by atoms with van der Waals surface area (Å²) in [6, 6.07) is 0.248. The van der Waals surface area contributed by atoms with Gasteiger partial charge in [-0.05, 0) is 33.6 Å². The number of hydrogen-bond acceptors (Lipinski definition) is 5. The molecule has 0 saturated heterocycles. The van der Waals surface area contributed by atoms with Crippen LogP contribution in [0.1, 0.15) is 39.1 Å². The molecule has 114 valence electrons. The zero-order valence-electron chi connectivity index (χ0n) is 13.6. The summed E-state index contributed by atoms with van der Waals surface area (Å²) >= 11 is 0. The fourth-order valence-corrected chi connectivity index (χ4v) is 1.93. The Labute approximate surface area is 122 Å². The molecule has 5 heteroatoms. The standard InChI is InChI=1S/C15H28N4O/c1-7-16-14-11(5)15(18-12(6)17-14)19-13(10(3)4)9-20-8-2/h10,13H,7-9H2,1-6H3,(H2,16,17,18,19). The summed E-state index contributed by atoms with van der Waals surface area (Å²) in [5, 5.41) is 6.79. The second kappa shape index (κ2) is 8.04. The molecule has 1 aromatic rings. The monoisotopic (exact) mass is 280 g/mol. The Morgan fingerprint density at radius 3 is 2.30 bits per heavy atom. The maximum Gasteiger partial charge on any atom is 0.135 e. The molecule has 0 aliphatic heterocycles. The van der Waals surface area contributed by atoms with Crippen LogP contribution < -0.4 is 10.6 Å². The van der Waals surface area contributed by atoms with Crippen LogP contribution in [0.4, 0.5) is 11.6 Å². The van der Waals surface area contributed by atoms with Gasteiger partial charge in [0, 0.05) is 18.7 Å². The molecule has 20 heavy (non-hydrogen) atoms. The molecule has 0 radical (unpaired) electrons. The molecular weight excluding hydrogens is 252 g/mol. The van der Waals surface area contributed by atoms with E-state index in [4.69, 9.17) is 4.74 Å². The summed E-state index contributed by atoms with van der Waals surface area (Å²) in [5.74, 6) is 3.04. The van der Waals surface area contributed by atoms with Gasteiger partial charge < -0.3 is 15.4 Å². The normalized spacial score (nSPS) is 12.6. The van der Waals surface area contributed by atoms with Gasteiger partial charge >= 0.3 is 0 Å². The van der Waals surface area contributed by atoms with Gasteiger partial charge in [-0.25, -0.2) is 9.97 Å². The fourth-order valence-electron chi connectivity index (χ4n) is 1.93. The highest BCUT2D eigenvalue weighted by molar-refractivity contribution is 5.57. The highest BCUT2D eigenvalue weighted by atomic mass is 16.5. The van der Waals surface area contributed by atoms with Crippen molar-refractivity contribution in [3.8, 4) is 0 Å². The number of aryl methyl sites for hydroxylation is 1. The van der Waals surface area contributed by atoms with Gasteiger partial charge in [0.2, 0.25) is 0 Å². The van der Waals surface area contributed by atoms with Crippen LogP contribution in [0, 0.1) is 19.8 Å². The van der Waals surface area contributed by atoms with Gasteiger partial charge in [0.05, 0.1) is 12.6 Å². The van der Waals surface area contributed by atoms with Crippen LogP contribution in [0.25, 0.3) is 0 Å². The van der Waals surface area contributed by atoms with Crippen molar-refractivity contribution >= 4 is 11.6 Å². The molecule has 1 unspecified atom stereocenters. The molecule has 0 aromatic carbocycles. The van der Waals surface area contributed by atoms with Gasteiger partial charge in [-0.15, -0.1) is 0 Å². The number of nitrogens with one attached hydrogen (secondary N) is 2. The Morgan fingerprint density at radius 1 is 1.10 bits per heavy atom. The lowest BCUT2D eigenvalue weighted by atomic mass is 10.1. The number of hydrogen-bond donors (Lipinski definition) is 2. The lowest BCUT2D eigenvalue weighted by Gasteiger charge is -2.24. The molecule has 0 fully saturated rings. The average molecular weight is 280 g/mol. The van der Waals surface area contributed by atoms with E-state index in [2.05, 4.69) is 41.4 Å². The second-order valence-corrected chi connectivity index (χ2v) is 5.28. The highest BCUT2D eigenvalue weighted by Crippen LogP contribution is 2.21. The third-order valence-corrected chi connectivity index (χ3v) is 3.23. The Balaban J connectivity index is 2.93. The molecule has 0 aliphatic carbocycles. The van der Waals surface area contributed by atoms with Crippen molar-refractivity contribution in [2.45, 2.75) is 47.6 Å². The van der Waals surface area contributed by atoms with E-state index in [-0.39, 0.29) is 6.04 Å². The first-order valence-electron chi connectivity index (χ1n) is 7.42. The van der Waals surface area contributed by atoms with Crippen molar-refractivity contribution in [2.75, 3.05) is 30.4 Å². The van der Waals surface area contributed by atoms with Crippen molar-refractivity contribution in [2.24, 2.45) is 5.92 Å². The summed E-state index contributed by atoms with van der Waals surface area (Å²) in [6.45, 7) is 14.7. The Kier molecular flexibility index (Phi) is 6.71. The topological polar surface area (TPSA) is 59.1 Å². The van der Waals surface area contributed by atoms with Crippen LogP contribution in [0.5, 0.6) is 0 Å². The third kappa shape index (κ3) is 4.63. The quantitative estimate of drug-likeness (QED) is 0.766. The first kappa shape index (κ1) is 16.7. The Hall–Kier alpha value is -1.36. The fraction of sp³-hybridized carbons (Fsp3) is 0.733. The summed E-state index contributed by atoms with van der Waals surface area (Å²) < 4.78 is 5.56. The number of nitrogens with zero attached hydrogens (tertiary/aromatic N) is 2. The molecule has 0 spiro atoms. The van der Waals surface area contributed by atoms with Crippen LogP contribution in [0.15, 0.2) is 0 Å². The first-order valence-corrected chi connectivity index (χ1v) is 7.42. The number of aromatic nitrogens is 2. The largest absolute Gasteiger partial charge is 0.380 e. The number of rotatable bonds is 8. The molecule has 0 aliphatic rings. The molecule has 0 saturated carbocycles. The van der Waals surface area contributed by atoms with E-state index in [0.29, 0.717) is 12.5 Å². The highest BCUT2D eigenvalue weighted by Gasteiger charge is 2.17. The minimum absolute atomic E-state index is 0.248. The van der Waals surface area contributed by atoms with E-state index in [0.717, 1.165) is 36.2 Å². The molecule has 1 atom stereocenters. The van der Waals surface area contributed by atoms with E-state index < -0.39 is 0 Å². The van der Waals surface area contributed by atoms with Crippen LogP contribution in [-0.4, -0.2) is 35.8 Å². The number of ether oxygens (including phenoxy) is 1. The van der Waals surface area contributed by atoms with E-state index >= 15 is 0 Å². The van der Waals surface area contributed by atoms with Crippen molar-refractivity contribution in [1.82, 2.24) is 9.97 Å². The predicted molar refractivity (Wildman–Crippen MR) is 84.4 cm³/mol. The molecule has 2 N–H and O–H groups in total. The minimum Gasteiger partial charge on any atom is -0.380 e. The average Bonchev–Trinajstić information content (AvgIpc) is 2.39. The van der Waals surface area contributed by atoms with Gasteiger partial charge in [0.25, 0.3) is 0 Å². The zero-order valence-corrected chi connectivity index (χ0v) is 13.6. The van der Waals surface area contributed by atoms with E-state index in [1.807, 2.05) is 20.8 Å². The Bertz CT molecular complexity index is 421. The maximum atomic E-state index is 5.56. The van der Waals surface area contributed by atoms with E-state index in [1.165, 1.54) is 0 Å². The van der Waals surface area contributed by atoms with Gasteiger partial charge in [0.1, 0.15) is 17.5 Å². The van der Waals surface area contributed by atoms with Gasteiger partial charge in [0.15, 0.2) is 0 Å². The van der Waals surface area contributed by atoms with E-state index in [1.54, 1.807) is 0 Å². The second-order valence-electron chi connectivity index (χ2n) is 5.28. The molecule has 1 heterocycles. The van der Waals surface area contributed by atoms with E-state index in [9.17, 15) is 0 Å². The summed E-state index contributed by atoms with van der Waals surface area (Å²) in [4.78, 5) is 8.97. The maximum absolute atomic E-state index is 5.56. The summed E-state index contributed by atoms with van der Waals surface area (Å²) in [6.07, 6.45) is 0. The summed E-state index contributed by atoms with van der Waals surface area (Å²) in [7, 11) is 0. The first-order chi connectivity index (χ1) is 9.49. The van der Waals surface area contributed by atoms with Crippen LogP contribution in [-0.2, 0) is 4.74 Å². The van der Waals surface area contributed by atoms with Crippen molar-refractivity contribution in [1.29, 1.82) is 0 Å². The Morgan fingerprint density at radius 2 is 1.75 bits per heavy atom. The van der Waals surface area contributed by atoms with Crippen LogP contribution in [0.2, 0.25) is 0 Å². The lowest BCUT2D eigenvalue weighted by Crippen LogP contribution is -2.32. The lowest BCUT2D eigenvalue weighted by molar-refractivity contribution is 0.126. The van der Waals surface area contributed by atoms with Crippen molar-refractivity contribution < 1.29 is 4.74 Å². The molecule has 1 aromatic heterocycles. The van der Waals surface area contributed by atoms with Crippen molar-refractivity contribution in [3.05, 3.63) is 11.4 Å². The number of anilines is 2. The van der Waals surface area contributed by atoms with Gasteiger partial charge in [-0.2, -0.15) is 0 Å². The minimum atomic E-state index is 0.248.